The zero-order valence-corrected chi connectivity index (χ0v) is 14.1. The molecule has 3 rings (SSSR count). The molecule has 0 aliphatic rings. The molecule has 3 nitrogen and oxygen atoms in total. The average molecular weight is 331 g/mol. The van der Waals surface area contributed by atoms with Crippen molar-refractivity contribution < 1.29 is 9.90 Å². The monoisotopic (exact) mass is 331 g/mol. The first-order valence-corrected chi connectivity index (χ1v) is 8.34. The van der Waals surface area contributed by atoms with Crippen molar-refractivity contribution in [3.63, 3.8) is 0 Å². The first-order valence-electron chi connectivity index (χ1n) is 8.34. The minimum Gasteiger partial charge on any atom is -0.389 e. The number of amides is 1. The van der Waals surface area contributed by atoms with E-state index in [-0.39, 0.29) is 5.91 Å². The Kier molecular flexibility index (Phi) is 5.26. The van der Waals surface area contributed by atoms with Crippen LogP contribution in [-0.4, -0.2) is 11.0 Å². The Balaban J connectivity index is 1.91. The number of aliphatic hydroxyl groups is 1. The van der Waals surface area contributed by atoms with Gasteiger partial charge in [-0.1, -0.05) is 72.8 Å². The molecular weight excluding hydrogens is 310 g/mol. The third-order valence-electron chi connectivity index (χ3n) is 4.16. The molecule has 3 heteroatoms. The molecule has 1 atom stereocenters. The van der Waals surface area contributed by atoms with Crippen LogP contribution in [0.1, 0.15) is 35.6 Å². The topological polar surface area (TPSA) is 49.3 Å². The highest BCUT2D eigenvalue weighted by molar-refractivity contribution is 5.98. The Morgan fingerprint density at radius 1 is 0.800 bits per heavy atom. The fraction of sp³-hybridized carbons (Fsp3) is 0.136. The summed E-state index contributed by atoms with van der Waals surface area (Å²) in [4.78, 5) is 13.0. The highest BCUT2D eigenvalue weighted by Gasteiger charge is 2.22. The van der Waals surface area contributed by atoms with Gasteiger partial charge in [-0.15, -0.1) is 0 Å². The third kappa shape index (κ3) is 4.14. The van der Waals surface area contributed by atoms with Crippen molar-refractivity contribution in [1.29, 1.82) is 0 Å². The zero-order valence-electron chi connectivity index (χ0n) is 14.1. The maximum absolute atomic E-state index is 13.0. The summed E-state index contributed by atoms with van der Waals surface area (Å²) in [5.74, 6) is -0.488. The minimum absolute atomic E-state index is 0.0971. The fourth-order valence-electron chi connectivity index (χ4n) is 2.88. The summed E-state index contributed by atoms with van der Waals surface area (Å²) in [5.41, 5.74) is 3.34. The van der Waals surface area contributed by atoms with Crippen LogP contribution in [0.3, 0.4) is 0 Å². The van der Waals surface area contributed by atoms with Crippen LogP contribution in [0.15, 0.2) is 84.9 Å². The largest absolute Gasteiger partial charge is 0.389 e. The van der Waals surface area contributed by atoms with Crippen LogP contribution in [0.4, 0.5) is 5.69 Å². The van der Waals surface area contributed by atoms with Crippen molar-refractivity contribution in [1.82, 2.24) is 0 Å². The lowest BCUT2D eigenvalue weighted by molar-refractivity contribution is -0.116. The quantitative estimate of drug-likeness (QED) is 0.722. The van der Waals surface area contributed by atoms with E-state index in [9.17, 15) is 9.90 Å². The van der Waals surface area contributed by atoms with Crippen LogP contribution in [0.2, 0.25) is 0 Å². The van der Waals surface area contributed by atoms with E-state index in [1.807, 2.05) is 78.9 Å². The van der Waals surface area contributed by atoms with Gasteiger partial charge in [-0.2, -0.15) is 0 Å². The summed E-state index contributed by atoms with van der Waals surface area (Å²) in [5, 5.41) is 12.7. The van der Waals surface area contributed by atoms with Crippen LogP contribution < -0.4 is 5.32 Å². The Morgan fingerprint density at radius 3 is 1.84 bits per heavy atom. The van der Waals surface area contributed by atoms with Crippen molar-refractivity contribution in [2.75, 3.05) is 5.32 Å². The number of hydrogen-bond acceptors (Lipinski definition) is 2. The molecule has 1 amide bonds. The Morgan fingerprint density at radius 2 is 1.32 bits per heavy atom. The van der Waals surface area contributed by atoms with Crippen molar-refractivity contribution >= 4 is 11.6 Å². The van der Waals surface area contributed by atoms with Crippen molar-refractivity contribution in [2.45, 2.75) is 18.9 Å². The molecule has 0 saturated carbocycles. The predicted molar refractivity (Wildman–Crippen MR) is 100 cm³/mol. The van der Waals surface area contributed by atoms with Gasteiger partial charge >= 0.3 is 0 Å². The van der Waals surface area contributed by atoms with Gasteiger partial charge in [0, 0.05) is 5.69 Å². The number of hydrogen-bond donors (Lipinski definition) is 2. The van der Waals surface area contributed by atoms with Gasteiger partial charge < -0.3 is 10.4 Å². The number of aliphatic hydroxyl groups excluding tert-OH is 1. The molecule has 0 spiro atoms. The van der Waals surface area contributed by atoms with Crippen molar-refractivity contribution in [3.05, 3.63) is 102 Å². The fourth-order valence-corrected chi connectivity index (χ4v) is 2.88. The molecule has 3 aromatic rings. The highest BCUT2D eigenvalue weighted by Crippen LogP contribution is 2.27. The smallest absolute Gasteiger partial charge is 0.236 e. The second-order valence-corrected chi connectivity index (χ2v) is 6.05. The molecule has 2 N–H and O–H groups in total. The number of carbonyl (C=O) groups excluding carboxylic acids is 1. The second-order valence-electron chi connectivity index (χ2n) is 6.05. The second kappa shape index (κ2) is 7.77. The van der Waals surface area contributed by atoms with Crippen LogP contribution in [0.25, 0.3) is 0 Å². The normalized spacial score (nSPS) is 12.0. The zero-order chi connectivity index (χ0) is 17.6. The number of rotatable bonds is 5. The maximum Gasteiger partial charge on any atom is 0.236 e. The Labute approximate surface area is 148 Å². The molecule has 3 aromatic carbocycles. The number of carbonyl (C=O) groups is 1. The van der Waals surface area contributed by atoms with Gasteiger partial charge in [0.2, 0.25) is 5.91 Å². The van der Waals surface area contributed by atoms with Gasteiger partial charge in [-0.3, -0.25) is 4.79 Å². The Bertz CT molecular complexity index is 789. The van der Waals surface area contributed by atoms with Gasteiger partial charge in [-0.25, -0.2) is 0 Å². The predicted octanol–water partition coefficient (Wildman–Crippen LogP) is 4.51. The molecule has 0 aliphatic heterocycles. The average Bonchev–Trinajstić information content (AvgIpc) is 2.64. The SMILES string of the molecule is CC(O)c1cccc(NC(=O)C(c2ccccc2)c2ccccc2)c1. The molecular formula is C22H21NO2. The summed E-state index contributed by atoms with van der Waals surface area (Å²) >= 11 is 0. The van der Waals surface area contributed by atoms with E-state index in [1.54, 1.807) is 13.0 Å². The van der Waals surface area contributed by atoms with E-state index in [4.69, 9.17) is 0 Å². The summed E-state index contributed by atoms with van der Waals surface area (Å²) < 4.78 is 0. The van der Waals surface area contributed by atoms with E-state index >= 15 is 0 Å². The van der Waals surface area contributed by atoms with Crippen LogP contribution in [0, 0.1) is 0 Å². The van der Waals surface area contributed by atoms with Gasteiger partial charge in [0.25, 0.3) is 0 Å². The third-order valence-corrected chi connectivity index (χ3v) is 4.16. The van der Waals surface area contributed by atoms with E-state index in [2.05, 4.69) is 5.32 Å². The molecule has 0 fully saturated rings. The molecule has 0 aromatic heterocycles. The molecule has 126 valence electrons. The lowest BCUT2D eigenvalue weighted by Crippen LogP contribution is -2.22. The molecule has 0 bridgehead atoms. The van der Waals surface area contributed by atoms with Crippen LogP contribution in [-0.2, 0) is 4.79 Å². The Hall–Kier alpha value is -2.91. The highest BCUT2D eigenvalue weighted by atomic mass is 16.3. The van der Waals surface area contributed by atoms with Crippen molar-refractivity contribution in [3.8, 4) is 0 Å². The van der Waals surface area contributed by atoms with Gasteiger partial charge in [0.05, 0.1) is 12.0 Å². The standard InChI is InChI=1S/C22H21NO2/c1-16(24)19-13-8-14-20(15-19)23-22(25)21(17-9-4-2-5-10-17)18-11-6-3-7-12-18/h2-16,21,24H,1H3,(H,23,25). The van der Waals surface area contributed by atoms with Crippen molar-refractivity contribution in [2.24, 2.45) is 0 Å². The van der Waals surface area contributed by atoms with E-state index in [0.717, 1.165) is 16.7 Å². The lowest BCUT2D eigenvalue weighted by Gasteiger charge is -2.18. The van der Waals surface area contributed by atoms with E-state index < -0.39 is 12.0 Å². The molecule has 25 heavy (non-hydrogen) atoms. The number of anilines is 1. The minimum atomic E-state index is -0.573. The first kappa shape index (κ1) is 16.9. The summed E-state index contributed by atoms with van der Waals surface area (Å²) in [7, 11) is 0. The maximum atomic E-state index is 13.0. The van der Waals surface area contributed by atoms with E-state index in [0.29, 0.717) is 5.69 Å². The number of nitrogens with one attached hydrogen (secondary N) is 1. The molecule has 0 aliphatic carbocycles. The van der Waals surface area contributed by atoms with E-state index in [1.165, 1.54) is 0 Å². The summed E-state index contributed by atoms with van der Waals surface area (Å²) in [6.07, 6.45) is -0.573. The molecule has 0 radical (unpaired) electrons. The molecule has 1 unspecified atom stereocenters. The van der Waals surface area contributed by atoms with Gasteiger partial charge in [-0.05, 0) is 35.7 Å². The summed E-state index contributed by atoms with van der Waals surface area (Å²) in [6.45, 7) is 1.71. The van der Waals surface area contributed by atoms with Gasteiger partial charge in [0.15, 0.2) is 0 Å². The number of benzene rings is 3. The summed E-state index contributed by atoms with van der Waals surface area (Å²) in [6, 6.07) is 26.8. The lowest BCUT2D eigenvalue weighted by atomic mass is 9.90. The van der Waals surface area contributed by atoms with Crippen LogP contribution in [0.5, 0.6) is 0 Å². The molecule has 0 saturated heterocycles. The first-order chi connectivity index (χ1) is 12.1. The van der Waals surface area contributed by atoms with Gasteiger partial charge in [0.1, 0.15) is 0 Å². The van der Waals surface area contributed by atoms with Crippen LogP contribution >= 0.6 is 0 Å². The molecule has 0 heterocycles.